The third-order valence-corrected chi connectivity index (χ3v) is 5.42. The van der Waals surface area contributed by atoms with Gasteiger partial charge in [0.2, 0.25) is 0 Å². The molecule has 0 fully saturated rings. The van der Waals surface area contributed by atoms with Gasteiger partial charge in [-0.1, -0.05) is 24.6 Å². The van der Waals surface area contributed by atoms with Crippen LogP contribution in [0.15, 0.2) is 49.2 Å². The molecule has 0 saturated heterocycles. The smallest absolute Gasteiger partial charge is 0.149 e. The summed E-state index contributed by atoms with van der Waals surface area (Å²) < 4.78 is 7.81. The summed E-state index contributed by atoms with van der Waals surface area (Å²) in [6.07, 6.45) is 8.81. The Bertz CT molecular complexity index is 1160. The molecule has 2 N–H and O–H groups in total. The number of nitrogens with zero attached hydrogens (tertiary/aromatic N) is 4. The molecule has 1 unspecified atom stereocenters. The molecule has 142 valence electrons. The fourth-order valence-corrected chi connectivity index (χ4v) is 3.78. The van der Waals surface area contributed by atoms with Crippen LogP contribution in [0.4, 0.5) is 5.82 Å². The van der Waals surface area contributed by atoms with E-state index in [1.54, 1.807) is 25.7 Å². The zero-order valence-electron chi connectivity index (χ0n) is 15.8. The van der Waals surface area contributed by atoms with Crippen molar-refractivity contribution in [3.63, 3.8) is 0 Å². The summed E-state index contributed by atoms with van der Waals surface area (Å²) >= 11 is 6.61. The van der Waals surface area contributed by atoms with Crippen LogP contribution in [-0.2, 0) is 0 Å². The molecule has 4 rings (SSSR count). The third-order valence-electron chi connectivity index (χ3n) is 5.03. The number of imidazole rings is 1. The summed E-state index contributed by atoms with van der Waals surface area (Å²) in [4.78, 5) is 13.0. The number of aromatic nitrogens is 4. The first kappa shape index (κ1) is 18.3. The number of fused-ring (bicyclic) bond motifs is 1. The highest BCUT2D eigenvalue weighted by Gasteiger charge is 2.24. The van der Waals surface area contributed by atoms with Crippen molar-refractivity contribution in [2.45, 2.75) is 19.8 Å². The van der Waals surface area contributed by atoms with Gasteiger partial charge in [-0.3, -0.25) is 9.38 Å². The van der Waals surface area contributed by atoms with Crippen LogP contribution in [0.1, 0.15) is 29.8 Å². The van der Waals surface area contributed by atoms with Crippen molar-refractivity contribution in [1.29, 1.82) is 0 Å². The predicted octanol–water partition coefficient (Wildman–Crippen LogP) is 4.50. The molecule has 28 heavy (non-hydrogen) atoms. The maximum atomic E-state index is 6.61. The Hall–Kier alpha value is -3.12. The van der Waals surface area contributed by atoms with Crippen LogP contribution >= 0.6 is 11.6 Å². The van der Waals surface area contributed by atoms with Gasteiger partial charge in [0.15, 0.2) is 0 Å². The molecule has 1 aromatic carbocycles. The van der Waals surface area contributed by atoms with Crippen molar-refractivity contribution in [3.05, 3.63) is 71.2 Å². The Balaban J connectivity index is 1.94. The predicted molar refractivity (Wildman–Crippen MR) is 111 cm³/mol. The van der Waals surface area contributed by atoms with Crippen LogP contribution < -0.4 is 10.5 Å². The first-order valence-corrected chi connectivity index (χ1v) is 9.25. The lowest BCUT2D eigenvalue weighted by Crippen LogP contribution is -2.07. The molecule has 7 heteroatoms. The normalized spacial score (nSPS) is 12.3. The number of nitrogen functional groups attached to an aromatic ring is 1. The Morgan fingerprint density at radius 3 is 2.75 bits per heavy atom. The number of ether oxygens (including phenoxy) is 1. The van der Waals surface area contributed by atoms with E-state index >= 15 is 0 Å². The molecule has 4 aromatic rings. The van der Waals surface area contributed by atoms with E-state index in [0.717, 1.165) is 39.3 Å². The molecule has 0 aliphatic carbocycles. The summed E-state index contributed by atoms with van der Waals surface area (Å²) in [5, 5.41) is 0.670. The van der Waals surface area contributed by atoms with Crippen LogP contribution in [0.25, 0.3) is 16.6 Å². The molecule has 3 heterocycles. The highest BCUT2D eigenvalue weighted by molar-refractivity contribution is 6.32. The van der Waals surface area contributed by atoms with Crippen molar-refractivity contribution < 1.29 is 4.74 Å². The van der Waals surface area contributed by atoms with Crippen molar-refractivity contribution in [2.24, 2.45) is 0 Å². The Kier molecular flexibility index (Phi) is 4.65. The minimum atomic E-state index is -0.0900. The first-order chi connectivity index (χ1) is 13.5. The third kappa shape index (κ3) is 2.86. The Labute approximate surface area is 168 Å². The van der Waals surface area contributed by atoms with E-state index in [2.05, 4.69) is 21.9 Å². The summed E-state index contributed by atoms with van der Waals surface area (Å²) in [5.74, 6) is 1.95. The van der Waals surface area contributed by atoms with E-state index in [1.165, 1.54) is 0 Å². The quantitative estimate of drug-likeness (QED) is 0.552. The van der Waals surface area contributed by atoms with Gasteiger partial charge in [0, 0.05) is 52.4 Å². The van der Waals surface area contributed by atoms with Crippen LogP contribution in [0.3, 0.4) is 0 Å². The number of nitrogens with two attached hydrogens (primary N) is 1. The van der Waals surface area contributed by atoms with E-state index in [9.17, 15) is 0 Å². The monoisotopic (exact) mass is 393 g/mol. The molecular weight excluding hydrogens is 374 g/mol. The minimum Gasteiger partial charge on any atom is -0.496 e. The van der Waals surface area contributed by atoms with Crippen LogP contribution in [0, 0.1) is 6.92 Å². The Morgan fingerprint density at radius 2 is 2.04 bits per heavy atom. The SMILES string of the molecule is COc1c(C(C)c2ncc3c(N)nccn23)cc(Cl)c(C)c1-c1cccnc1. The van der Waals surface area contributed by atoms with Gasteiger partial charge in [-0.2, -0.15) is 0 Å². The molecule has 0 radical (unpaired) electrons. The molecule has 0 aliphatic heterocycles. The molecule has 6 nitrogen and oxygen atoms in total. The number of hydrogen-bond donors (Lipinski definition) is 1. The molecular formula is C21H20ClN5O. The summed E-state index contributed by atoms with van der Waals surface area (Å²) in [6.45, 7) is 4.06. The maximum absolute atomic E-state index is 6.61. The van der Waals surface area contributed by atoms with Gasteiger partial charge in [-0.15, -0.1) is 0 Å². The minimum absolute atomic E-state index is 0.0900. The summed E-state index contributed by atoms with van der Waals surface area (Å²) in [6, 6.07) is 5.85. The fraction of sp³-hybridized carbons (Fsp3) is 0.190. The molecule has 0 amide bonds. The number of pyridine rings is 1. The van der Waals surface area contributed by atoms with Crippen LogP contribution in [0.5, 0.6) is 5.75 Å². The lowest BCUT2D eigenvalue weighted by atomic mass is 9.91. The van der Waals surface area contributed by atoms with Crippen molar-refractivity contribution in [1.82, 2.24) is 19.4 Å². The molecule has 0 spiro atoms. The standard InChI is InChI=1S/C21H20ClN5O/c1-12(21-26-11-17-20(23)25-7-8-27(17)21)15-9-16(22)13(2)18(19(15)28-3)14-5-4-6-24-10-14/h4-12H,1-3H3,(H2,23,25). The van der Waals surface area contributed by atoms with Gasteiger partial charge in [0.25, 0.3) is 0 Å². The molecule has 3 aromatic heterocycles. The van der Waals surface area contributed by atoms with Crippen LogP contribution in [-0.4, -0.2) is 26.5 Å². The van der Waals surface area contributed by atoms with E-state index in [1.807, 2.05) is 41.9 Å². The van der Waals surface area contributed by atoms with Gasteiger partial charge in [0.05, 0.1) is 13.3 Å². The zero-order valence-corrected chi connectivity index (χ0v) is 16.6. The highest BCUT2D eigenvalue weighted by Crippen LogP contribution is 2.43. The molecule has 0 bridgehead atoms. The number of hydrogen-bond acceptors (Lipinski definition) is 5. The van der Waals surface area contributed by atoms with Crippen LogP contribution in [0.2, 0.25) is 5.02 Å². The van der Waals surface area contributed by atoms with E-state index < -0.39 is 0 Å². The van der Waals surface area contributed by atoms with E-state index in [-0.39, 0.29) is 5.92 Å². The van der Waals surface area contributed by atoms with Crippen molar-refractivity contribution in [3.8, 4) is 16.9 Å². The first-order valence-electron chi connectivity index (χ1n) is 8.87. The molecule has 0 aliphatic rings. The second kappa shape index (κ2) is 7.13. The fourth-order valence-electron chi connectivity index (χ4n) is 3.57. The number of anilines is 1. The molecule has 0 saturated carbocycles. The van der Waals surface area contributed by atoms with Crippen molar-refractivity contribution >= 4 is 22.9 Å². The molecule has 1 atom stereocenters. The van der Waals surface area contributed by atoms with Gasteiger partial charge in [-0.25, -0.2) is 9.97 Å². The Morgan fingerprint density at radius 1 is 1.21 bits per heavy atom. The van der Waals surface area contributed by atoms with Gasteiger partial charge in [0.1, 0.15) is 22.9 Å². The van der Waals surface area contributed by atoms with E-state index in [0.29, 0.717) is 10.8 Å². The topological polar surface area (TPSA) is 78.3 Å². The van der Waals surface area contributed by atoms with Crippen molar-refractivity contribution in [2.75, 3.05) is 12.8 Å². The summed E-state index contributed by atoms with van der Waals surface area (Å²) in [7, 11) is 1.67. The lowest BCUT2D eigenvalue weighted by Gasteiger charge is -2.21. The van der Waals surface area contributed by atoms with Gasteiger partial charge >= 0.3 is 0 Å². The van der Waals surface area contributed by atoms with Gasteiger partial charge < -0.3 is 10.5 Å². The number of benzene rings is 1. The largest absolute Gasteiger partial charge is 0.496 e. The number of halogens is 1. The number of rotatable bonds is 4. The lowest BCUT2D eigenvalue weighted by molar-refractivity contribution is 0.409. The second-order valence-corrected chi connectivity index (χ2v) is 7.04. The average Bonchev–Trinajstić information content (AvgIpc) is 3.15. The van der Waals surface area contributed by atoms with E-state index in [4.69, 9.17) is 22.1 Å². The highest BCUT2D eigenvalue weighted by atomic mass is 35.5. The maximum Gasteiger partial charge on any atom is 0.149 e. The van der Waals surface area contributed by atoms with Gasteiger partial charge in [-0.05, 0) is 24.6 Å². The zero-order chi connectivity index (χ0) is 19.8. The summed E-state index contributed by atoms with van der Waals surface area (Å²) in [5.41, 5.74) is 10.5. The number of methoxy groups -OCH3 is 1. The average molecular weight is 394 g/mol. The second-order valence-electron chi connectivity index (χ2n) is 6.63.